The Hall–Kier alpha value is -7.72. The van der Waals surface area contributed by atoms with Gasteiger partial charge in [-0.05, 0) is 116 Å². The molecule has 0 spiro atoms. The van der Waals surface area contributed by atoms with Gasteiger partial charge >= 0.3 is 0 Å². The quantitative estimate of drug-likeness (QED) is 0.160. The lowest BCUT2D eigenvalue weighted by Gasteiger charge is -2.27. The van der Waals surface area contributed by atoms with Crippen LogP contribution in [0.5, 0.6) is 0 Å². The lowest BCUT2D eigenvalue weighted by molar-refractivity contribution is 0.669. The summed E-state index contributed by atoms with van der Waals surface area (Å²) >= 11 is 1.88. The highest BCUT2D eigenvalue weighted by atomic mass is 32.1. The molecule has 10 aromatic carbocycles. The standard InChI is InChI=1S/C58H37NOS/c1-2-21-47-38(13-1)14-10-24-48(47)39-31-33-44(34-32-39)59(46-20-9-18-43(37-46)49-25-12-29-55-57(49)53-23-3-5-28-54(53)60-55)45-19-8-16-41(36-45)40-15-7-17-42(35-40)50-26-11-27-52-51-22-4-6-30-56(51)61-58(50)52/h1-37H. The molecule has 0 bridgehead atoms. The number of para-hydroxylation sites is 1. The first-order chi connectivity index (χ1) is 30.2. The largest absolute Gasteiger partial charge is 0.456 e. The maximum Gasteiger partial charge on any atom is 0.136 e. The van der Waals surface area contributed by atoms with Crippen LogP contribution in [0.1, 0.15) is 0 Å². The molecule has 0 aliphatic carbocycles. The molecular formula is C58H37NOS. The molecule has 2 heterocycles. The molecule has 0 unspecified atom stereocenters. The average Bonchev–Trinajstić information content (AvgIpc) is 3.91. The second kappa shape index (κ2) is 14.5. The van der Waals surface area contributed by atoms with Crippen LogP contribution in [0, 0.1) is 0 Å². The number of hydrogen-bond donors (Lipinski definition) is 0. The van der Waals surface area contributed by atoms with E-state index in [9.17, 15) is 0 Å². The van der Waals surface area contributed by atoms with E-state index in [0.717, 1.165) is 55.7 Å². The monoisotopic (exact) mass is 795 g/mol. The SMILES string of the molecule is c1cc(-c2cccc(N(c3ccc(-c4cccc5ccccc45)cc3)c3cccc(-c4cccc5oc6ccccc6c45)c3)c2)cc(-c2cccc3c2sc2ccccc23)c1. The normalized spacial score (nSPS) is 11.6. The van der Waals surface area contributed by atoms with Crippen LogP contribution in [0.3, 0.4) is 0 Å². The molecule has 2 nitrogen and oxygen atoms in total. The summed E-state index contributed by atoms with van der Waals surface area (Å²) in [4.78, 5) is 2.38. The number of thiophene rings is 1. The van der Waals surface area contributed by atoms with E-state index in [1.807, 2.05) is 23.5 Å². The van der Waals surface area contributed by atoms with Gasteiger partial charge < -0.3 is 9.32 Å². The summed E-state index contributed by atoms with van der Waals surface area (Å²) in [6.07, 6.45) is 0. The summed E-state index contributed by atoms with van der Waals surface area (Å²) in [5.74, 6) is 0. The number of fused-ring (bicyclic) bond motifs is 7. The Bertz CT molecular complexity index is 3610. The summed E-state index contributed by atoms with van der Waals surface area (Å²) in [5.41, 5.74) is 14.5. The summed E-state index contributed by atoms with van der Waals surface area (Å²) in [6.45, 7) is 0. The molecule has 0 aliphatic heterocycles. The molecule has 0 saturated heterocycles. The van der Waals surface area contributed by atoms with Crippen LogP contribution in [0.15, 0.2) is 229 Å². The second-order valence-electron chi connectivity index (χ2n) is 15.6. The molecule has 0 saturated carbocycles. The zero-order valence-corrected chi connectivity index (χ0v) is 33.9. The van der Waals surface area contributed by atoms with Gasteiger partial charge in [0.15, 0.2) is 0 Å². The van der Waals surface area contributed by atoms with Gasteiger partial charge in [-0.1, -0.05) is 164 Å². The number of furan rings is 1. The van der Waals surface area contributed by atoms with Crippen molar-refractivity contribution in [3.63, 3.8) is 0 Å². The molecule has 0 radical (unpaired) electrons. The van der Waals surface area contributed by atoms with Crippen LogP contribution in [-0.2, 0) is 0 Å². The van der Waals surface area contributed by atoms with E-state index in [1.165, 1.54) is 58.8 Å². The summed E-state index contributed by atoms with van der Waals surface area (Å²) in [6, 6.07) is 81.2. The number of rotatable bonds is 7. The van der Waals surface area contributed by atoms with E-state index >= 15 is 0 Å². The predicted octanol–water partition coefficient (Wildman–Crippen LogP) is 17.2. The van der Waals surface area contributed by atoms with Crippen LogP contribution in [0.4, 0.5) is 17.1 Å². The molecule has 12 rings (SSSR count). The van der Waals surface area contributed by atoms with Crippen molar-refractivity contribution in [2.75, 3.05) is 4.90 Å². The zero-order valence-electron chi connectivity index (χ0n) is 33.1. The number of benzene rings is 10. The first kappa shape index (κ1) is 35.2. The van der Waals surface area contributed by atoms with Crippen LogP contribution >= 0.6 is 11.3 Å². The summed E-state index contributed by atoms with van der Waals surface area (Å²) < 4.78 is 8.97. The molecule has 12 aromatic rings. The van der Waals surface area contributed by atoms with Crippen LogP contribution in [-0.4, -0.2) is 0 Å². The Balaban J connectivity index is 0.989. The van der Waals surface area contributed by atoms with Gasteiger partial charge in [0.05, 0.1) is 0 Å². The highest BCUT2D eigenvalue weighted by Crippen LogP contribution is 2.44. The van der Waals surface area contributed by atoms with Crippen LogP contribution in [0.25, 0.3) is 97.4 Å². The minimum atomic E-state index is 0.892. The Morgan fingerprint density at radius 3 is 1.74 bits per heavy atom. The Morgan fingerprint density at radius 1 is 0.328 bits per heavy atom. The fourth-order valence-electron chi connectivity index (χ4n) is 9.21. The average molecular weight is 796 g/mol. The van der Waals surface area contributed by atoms with Gasteiger partial charge in [0.2, 0.25) is 0 Å². The predicted molar refractivity (Wildman–Crippen MR) is 261 cm³/mol. The molecule has 0 N–H and O–H groups in total. The van der Waals surface area contributed by atoms with Crippen molar-refractivity contribution < 1.29 is 4.42 Å². The zero-order chi connectivity index (χ0) is 40.3. The smallest absolute Gasteiger partial charge is 0.136 e. The third-order valence-corrected chi connectivity index (χ3v) is 13.3. The van der Waals surface area contributed by atoms with Gasteiger partial charge in [0.25, 0.3) is 0 Å². The van der Waals surface area contributed by atoms with Crippen molar-refractivity contribution in [2.45, 2.75) is 0 Å². The summed E-state index contributed by atoms with van der Waals surface area (Å²) in [5, 5.41) is 7.38. The van der Waals surface area contributed by atoms with E-state index in [4.69, 9.17) is 4.42 Å². The molecule has 3 heteroatoms. The lowest BCUT2D eigenvalue weighted by atomic mass is 9.96. The molecule has 61 heavy (non-hydrogen) atoms. The Kier molecular flexibility index (Phi) is 8.39. The first-order valence-corrected chi connectivity index (χ1v) is 21.6. The number of hydrogen-bond acceptors (Lipinski definition) is 3. The molecule has 2 aromatic heterocycles. The third kappa shape index (κ3) is 6.09. The van der Waals surface area contributed by atoms with Gasteiger partial charge in [-0.3, -0.25) is 0 Å². The highest BCUT2D eigenvalue weighted by Gasteiger charge is 2.18. The topological polar surface area (TPSA) is 16.4 Å². The second-order valence-corrected chi connectivity index (χ2v) is 16.7. The van der Waals surface area contributed by atoms with Crippen molar-refractivity contribution in [1.82, 2.24) is 0 Å². The molecule has 0 atom stereocenters. The fourth-order valence-corrected chi connectivity index (χ4v) is 10.4. The summed E-state index contributed by atoms with van der Waals surface area (Å²) in [7, 11) is 0. The van der Waals surface area contributed by atoms with Crippen LogP contribution in [0.2, 0.25) is 0 Å². The van der Waals surface area contributed by atoms with Crippen molar-refractivity contribution in [3.05, 3.63) is 224 Å². The molecule has 0 amide bonds. The van der Waals surface area contributed by atoms with E-state index in [1.54, 1.807) is 0 Å². The third-order valence-electron chi connectivity index (χ3n) is 12.1. The molecular weight excluding hydrogens is 759 g/mol. The lowest BCUT2D eigenvalue weighted by Crippen LogP contribution is -2.10. The minimum absolute atomic E-state index is 0.892. The molecule has 286 valence electrons. The number of nitrogens with zero attached hydrogens (tertiary/aromatic N) is 1. The van der Waals surface area contributed by atoms with Gasteiger partial charge in [0, 0.05) is 48.0 Å². The maximum absolute atomic E-state index is 6.32. The van der Waals surface area contributed by atoms with E-state index in [2.05, 4.69) is 217 Å². The molecule has 0 fully saturated rings. The minimum Gasteiger partial charge on any atom is -0.456 e. The Morgan fingerprint density at radius 2 is 0.885 bits per heavy atom. The van der Waals surface area contributed by atoms with Gasteiger partial charge in [-0.25, -0.2) is 0 Å². The van der Waals surface area contributed by atoms with Crippen molar-refractivity contribution in [3.8, 4) is 44.5 Å². The maximum atomic E-state index is 6.32. The van der Waals surface area contributed by atoms with Crippen molar-refractivity contribution in [1.29, 1.82) is 0 Å². The fraction of sp³-hybridized carbons (Fsp3) is 0. The van der Waals surface area contributed by atoms with Gasteiger partial charge in [-0.15, -0.1) is 11.3 Å². The van der Waals surface area contributed by atoms with Gasteiger partial charge in [-0.2, -0.15) is 0 Å². The van der Waals surface area contributed by atoms with E-state index < -0.39 is 0 Å². The van der Waals surface area contributed by atoms with Crippen molar-refractivity contribution >= 4 is 81.3 Å². The van der Waals surface area contributed by atoms with Crippen molar-refractivity contribution in [2.24, 2.45) is 0 Å². The molecule has 0 aliphatic rings. The van der Waals surface area contributed by atoms with E-state index in [0.29, 0.717) is 0 Å². The van der Waals surface area contributed by atoms with E-state index in [-0.39, 0.29) is 0 Å². The van der Waals surface area contributed by atoms with Gasteiger partial charge in [0.1, 0.15) is 11.2 Å². The van der Waals surface area contributed by atoms with Crippen LogP contribution < -0.4 is 4.90 Å². The highest BCUT2D eigenvalue weighted by molar-refractivity contribution is 7.26. The Labute approximate surface area is 357 Å². The first-order valence-electron chi connectivity index (χ1n) is 20.7. The number of anilines is 3.